The van der Waals surface area contributed by atoms with Gasteiger partial charge in [-0.25, -0.2) is 4.99 Å². The molecule has 0 unspecified atom stereocenters. The number of benzene rings is 1. The highest BCUT2D eigenvalue weighted by Crippen LogP contribution is 2.18. The van der Waals surface area contributed by atoms with E-state index in [1.807, 2.05) is 30.4 Å². The predicted octanol–water partition coefficient (Wildman–Crippen LogP) is 4.09. The summed E-state index contributed by atoms with van der Waals surface area (Å²) in [4.78, 5) is 4.45. The average Bonchev–Trinajstić information content (AvgIpc) is 2.56. The van der Waals surface area contributed by atoms with Crippen molar-refractivity contribution in [1.29, 1.82) is 0 Å². The number of halogens is 2. The zero-order valence-corrected chi connectivity index (χ0v) is 12.2. The van der Waals surface area contributed by atoms with E-state index in [0.29, 0.717) is 12.5 Å². The molecule has 92 valence electrons. The molecule has 0 aromatic heterocycles. The van der Waals surface area contributed by atoms with E-state index in [0.717, 1.165) is 10.0 Å². The van der Waals surface area contributed by atoms with Crippen LogP contribution in [-0.4, -0.2) is 18.0 Å². The molecule has 0 N–H and O–H groups in total. The van der Waals surface area contributed by atoms with Crippen molar-refractivity contribution in [2.24, 2.45) is 4.99 Å². The van der Waals surface area contributed by atoms with E-state index >= 15 is 0 Å². The van der Waals surface area contributed by atoms with Gasteiger partial charge in [0.1, 0.15) is 6.61 Å². The summed E-state index contributed by atoms with van der Waals surface area (Å²) < 4.78 is 6.55. The van der Waals surface area contributed by atoms with Gasteiger partial charge in [0.25, 0.3) is 0 Å². The minimum atomic E-state index is -0.0864. The molecule has 2 nitrogen and oxygen atoms in total. The number of aliphatic imine (C=N–C) groups is 1. The van der Waals surface area contributed by atoms with Crippen molar-refractivity contribution in [1.82, 2.24) is 0 Å². The Morgan fingerprint density at radius 1 is 1.35 bits per heavy atom. The van der Waals surface area contributed by atoms with E-state index in [1.54, 1.807) is 0 Å². The summed E-state index contributed by atoms with van der Waals surface area (Å²) in [7, 11) is 0. The third kappa shape index (κ3) is 4.17. The molecule has 0 atom stereocenters. The van der Waals surface area contributed by atoms with Gasteiger partial charge >= 0.3 is 0 Å². The van der Waals surface area contributed by atoms with Crippen LogP contribution in [0.5, 0.6) is 0 Å². The molecular weight excluding hydrogens is 302 g/mol. The Bertz CT molecular complexity index is 454. The molecule has 0 amide bonds. The van der Waals surface area contributed by atoms with Gasteiger partial charge < -0.3 is 4.74 Å². The zero-order chi connectivity index (χ0) is 11.6. The Morgan fingerprint density at radius 3 is 2.71 bits per heavy atom. The second-order valence-electron chi connectivity index (χ2n) is 4.44. The number of rotatable bonds is 2. The topological polar surface area (TPSA) is 21.6 Å². The monoisotopic (exact) mass is 315 g/mol. The third-order valence-corrected chi connectivity index (χ3v) is 2.75. The highest BCUT2D eigenvalue weighted by molar-refractivity contribution is 9.10. The van der Waals surface area contributed by atoms with Crippen LogP contribution < -0.4 is 0 Å². The largest absolute Gasteiger partial charge is 0.475 e. The lowest BCUT2D eigenvalue weighted by atomic mass is 10.1. The summed E-state index contributed by atoms with van der Waals surface area (Å²) in [5.74, 6) is 0.713. The summed E-state index contributed by atoms with van der Waals surface area (Å²) in [6.07, 6.45) is 3.92. The van der Waals surface area contributed by atoms with Crippen LogP contribution in [0.25, 0.3) is 6.08 Å². The van der Waals surface area contributed by atoms with Crippen molar-refractivity contribution in [2.75, 3.05) is 6.61 Å². The molecule has 1 aliphatic rings. The van der Waals surface area contributed by atoms with Gasteiger partial charge in [0, 0.05) is 10.5 Å². The second kappa shape index (κ2) is 5.69. The van der Waals surface area contributed by atoms with Crippen LogP contribution in [0.2, 0.25) is 0 Å². The molecule has 4 heteroatoms. The molecule has 0 aliphatic carbocycles. The lowest BCUT2D eigenvalue weighted by Crippen LogP contribution is -2.17. The van der Waals surface area contributed by atoms with Crippen LogP contribution in [0.1, 0.15) is 19.4 Å². The van der Waals surface area contributed by atoms with Gasteiger partial charge in [-0.15, -0.1) is 12.4 Å². The van der Waals surface area contributed by atoms with Crippen molar-refractivity contribution in [3.8, 4) is 0 Å². The Kier molecular flexibility index (Phi) is 4.78. The number of nitrogens with zero attached hydrogens (tertiary/aromatic N) is 1. The second-order valence-corrected chi connectivity index (χ2v) is 5.36. The van der Waals surface area contributed by atoms with E-state index in [-0.39, 0.29) is 17.9 Å². The lowest BCUT2D eigenvalue weighted by Gasteiger charge is -2.07. The van der Waals surface area contributed by atoms with E-state index in [4.69, 9.17) is 4.74 Å². The molecule has 0 radical (unpaired) electrons. The quantitative estimate of drug-likeness (QED) is 0.805. The zero-order valence-electron chi connectivity index (χ0n) is 9.81. The minimum absolute atomic E-state index is 0. The molecule has 0 fully saturated rings. The standard InChI is InChI=1S/C13H14BrNO.ClH/c1-13(2)9-16-12(15-13)7-6-10-4-3-5-11(14)8-10;/h3-8H,9H2,1-2H3;1H/b7-6+;. The summed E-state index contributed by atoms with van der Waals surface area (Å²) >= 11 is 3.44. The minimum Gasteiger partial charge on any atom is -0.475 e. The lowest BCUT2D eigenvalue weighted by molar-refractivity contribution is 0.280. The summed E-state index contributed by atoms with van der Waals surface area (Å²) in [6, 6.07) is 8.11. The normalized spacial score (nSPS) is 17.5. The first-order valence-electron chi connectivity index (χ1n) is 5.21. The van der Waals surface area contributed by atoms with E-state index < -0.39 is 0 Å². The van der Waals surface area contributed by atoms with Crippen LogP contribution in [0, 0.1) is 0 Å². The van der Waals surface area contributed by atoms with E-state index in [9.17, 15) is 0 Å². The first-order chi connectivity index (χ1) is 7.55. The molecule has 17 heavy (non-hydrogen) atoms. The highest BCUT2D eigenvalue weighted by atomic mass is 79.9. The van der Waals surface area contributed by atoms with Gasteiger partial charge in [-0.3, -0.25) is 0 Å². The van der Waals surface area contributed by atoms with Gasteiger partial charge in [0.2, 0.25) is 5.90 Å². The van der Waals surface area contributed by atoms with E-state index in [2.05, 4.69) is 40.8 Å². The molecule has 1 aromatic rings. The fourth-order valence-electron chi connectivity index (χ4n) is 1.48. The molecule has 0 saturated carbocycles. The predicted molar refractivity (Wildman–Crippen MR) is 77.9 cm³/mol. The van der Waals surface area contributed by atoms with Crippen molar-refractivity contribution in [2.45, 2.75) is 19.4 Å². The highest BCUT2D eigenvalue weighted by Gasteiger charge is 2.24. The van der Waals surface area contributed by atoms with Crippen molar-refractivity contribution in [3.63, 3.8) is 0 Å². The summed E-state index contributed by atoms with van der Waals surface area (Å²) in [6.45, 7) is 4.78. The van der Waals surface area contributed by atoms with Crippen molar-refractivity contribution < 1.29 is 4.74 Å². The fourth-order valence-corrected chi connectivity index (χ4v) is 1.89. The summed E-state index contributed by atoms with van der Waals surface area (Å²) in [5, 5.41) is 0. The van der Waals surface area contributed by atoms with Crippen LogP contribution in [0.15, 0.2) is 39.8 Å². The van der Waals surface area contributed by atoms with Gasteiger partial charge in [0.15, 0.2) is 0 Å². The van der Waals surface area contributed by atoms with Crippen molar-refractivity contribution in [3.05, 3.63) is 40.4 Å². The number of hydrogen-bond acceptors (Lipinski definition) is 2. The number of ether oxygens (including phenoxy) is 1. The molecule has 0 spiro atoms. The van der Waals surface area contributed by atoms with Crippen molar-refractivity contribution >= 4 is 40.3 Å². The number of hydrogen-bond donors (Lipinski definition) is 0. The molecule has 0 saturated heterocycles. The fraction of sp³-hybridized carbons (Fsp3) is 0.308. The van der Waals surface area contributed by atoms with E-state index in [1.165, 1.54) is 0 Å². The third-order valence-electron chi connectivity index (χ3n) is 2.25. The van der Waals surface area contributed by atoms with Crippen LogP contribution in [0.4, 0.5) is 0 Å². The van der Waals surface area contributed by atoms with Gasteiger partial charge in [-0.2, -0.15) is 0 Å². The molecule has 1 heterocycles. The molecule has 2 rings (SSSR count). The maximum absolute atomic E-state index is 5.47. The Labute approximate surface area is 116 Å². The Morgan fingerprint density at radius 2 is 2.12 bits per heavy atom. The van der Waals surface area contributed by atoms with Gasteiger partial charge in [-0.1, -0.05) is 28.1 Å². The van der Waals surface area contributed by atoms with Crippen LogP contribution in [0.3, 0.4) is 0 Å². The molecular formula is C13H15BrClNO. The first kappa shape index (κ1) is 14.3. The molecule has 0 bridgehead atoms. The molecule has 1 aromatic carbocycles. The first-order valence-corrected chi connectivity index (χ1v) is 6.01. The Balaban J connectivity index is 0.00000144. The smallest absolute Gasteiger partial charge is 0.209 e. The Hall–Kier alpha value is -0.800. The SMILES string of the molecule is CC1(C)COC(/C=C/c2cccc(Br)c2)=N1.Cl. The van der Waals surface area contributed by atoms with Crippen LogP contribution in [-0.2, 0) is 4.74 Å². The average molecular weight is 317 g/mol. The summed E-state index contributed by atoms with van der Waals surface area (Å²) in [5.41, 5.74) is 1.04. The van der Waals surface area contributed by atoms with Gasteiger partial charge in [0.05, 0.1) is 5.54 Å². The van der Waals surface area contributed by atoms with Crippen LogP contribution >= 0.6 is 28.3 Å². The maximum Gasteiger partial charge on any atom is 0.209 e. The maximum atomic E-state index is 5.47. The molecule has 1 aliphatic heterocycles. The van der Waals surface area contributed by atoms with Gasteiger partial charge in [-0.05, 0) is 37.6 Å².